The van der Waals surface area contributed by atoms with Crippen molar-refractivity contribution in [2.45, 2.75) is 32.7 Å². The number of rotatable bonds is 6. The van der Waals surface area contributed by atoms with E-state index in [1.54, 1.807) is 0 Å². The normalized spacial score (nSPS) is 18.6. The van der Waals surface area contributed by atoms with E-state index < -0.39 is 0 Å². The van der Waals surface area contributed by atoms with Crippen molar-refractivity contribution >= 4 is 15.9 Å². The summed E-state index contributed by atoms with van der Waals surface area (Å²) in [4.78, 5) is 5.14. The summed E-state index contributed by atoms with van der Waals surface area (Å²) in [5.41, 5.74) is 0. The largest absolute Gasteiger partial charge is 0.302 e. The summed E-state index contributed by atoms with van der Waals surface area (Å²) in [6.45, 7) is 10.9. The second kappa shape index (κ2) is 6.81. The van der Waals surface area contributed by atoms with E-state index in [4.69, 9.17) is 0 Å². The Kier molecular flexibility index (Phi) is 6.06. The Morgan fingerprint density at radius 3 is 2.36 bits per heavy atom. The first kappa shape index (κ1) is 12.5. The molecule has 0 radical (unpaired) electrons. The average Bonchev–Trinajstić information content (AvgIpc) is 2.64. The summed E-state index contributed by atoms with van der Waals surface area (Å²) in [6, 6.07) is 0.676. The Balaban J connectivity index is 2.17. The van der Waals surface area contributed by atoms with Crippen molar-refractivity contribution in [2.24, 2.45) is 0 Å². The maximum absolute atomic E-state index is 3.52. The fourth-order valence-electron chi connectivity index (χ4n) is 2.01. The van der Waals surface area contributed by atoms with Crippen LogP contribution in [0.15, 0.2) is 0 Å². The van der Waals surface area contributed by atoms with E-state index in [1.165, 1.54) is 45.6 Å². The van der Waals surface area contributed by atoms with E-state index in [0.717, 1.165) is 5.33 Å². The quantitative estimate of drug-likeness (QED) is 0.678. The van der Waals surface area contributed by atoms with Crippen LogP contribution in [0.2, 0.25) is 0 Å². The highest BCUT2D eigenvalue weighted by Crippen LogP contribution is 2.07. The number of hydrogen-bond donors (Lipinski definition) is 0. The molecule has 3 heteroatoms. The molecular weight excluding hydrogens is 240 g/mol. The van der Waals surface area contributed by atoms with Gasteiger partial charge in [0.25, 0.3) is 0 Å². The number of alkyl halides is 1. The summed E-state index contributed by atoms with van der Waals surface area (Å²) in [6.07, 6.45) is 2.81. The highest BCUT2D eigenvalue weighted by Gasteiger charge is 2.14. The Morgan fingerprint density at radius 2 is 1.86 bits per heavy atom. The van der Waals surface area contributed by atoms with Crippen molar-refractivity contribution in [1.82, 2.24) is 9.80 Å². The smallest absolute Gasteiger partial charge is 0.0159 e. The lowest BCUT2D eigenvalue weighted by atomic mass is 10.3. The summed E-state index contributed by atoms with van der Waals surface area (Å²) < 4.78 is 0. The van der Waals surface area contributed by atoms with Gasteiger partial charge in [0.15, 0.2) is 0 Å². The zero-order valence-electron chi connectivity index (χ0n) is 9.51. The van der Waals surface area contributed by atoms with Crippen molar-refractivity contribution < 1.29 is 0 Å². The van der Waals surface area contributed by atoms with E-state index in [1.807, 2.05) is 0 Å². The van der Waals surface area contributed by atoms with Crippen LogP contribution in [-0.4, -0.2) is 53.9 Å². The van der Waals surface area contributed by atoms with Gasteiger partial charge in [0.2, 0.25) is 0 Å². The minimum atomic E-state index is 0.676. The van der Waals surface area contributed by atoms with E-state index in [0.29, 0.717) is 6.04 Å². The number of halogens is 1. The molecule has 0 N–H and O–H groups in total. The van der Waals surface area contributed by atoms with Gasteiger partial charge >= 0.3 is 0 Å². The predicted molar refractivity (Wildman–Crippen MR) is 66.2 cm³/mol. The molecule has 0 aromatic heterocycles. The topological polar surface area (TPSA) is 6.48 Å². The van der Waals surface area contributed by atoms with E-state index in [-0.39, 0.29) is 0 Å². The van der Waals surface area contributed by atoms with Crippen molar-refractivity contribution in [1.29, 1.82) is 0 Å². The number of hydrogen-bond acceptors (Lipinski definition) is 2. The van der Waals surface area contributed by atoms with Crippen LogP contribution in [0.1, 0.15) is 26.7 Å². The van der Waals surface area contributed by atoms with Gasteiger partial charge in [-0.3, -0.25) is 4.90 Å². The molecule has 1 heterocycles. The summed E-state index contributed by atoms with van der Waals surface area (Å²) >= 11 is 3.52. The molecule has 0 bridgehead atoms. The number of likely N-dealkylation sites (tertiary alicyclic amines) is 1. The molecular formula is C11H23BrN2. The molecule has 2 nitrogen and oxygen atoms in total. The molecule has 1 fully saturated rings. The molecule has 0 amide bonds. The van der Waals surface area contributed by atoms with Crippen LogP contribution in [-0.2, 0) is 0 Å². The lowest BCUT2D eigenvalue weighted by Gasteiger charge is -2.27. The van der Waals surface area contributed by atoms with Crippen LogP contribution >= 0.6 is 15.9 Å². The third-order valence-corrected chi connectivity index (χ3v) is 3.36. The molecule has 0 aromatic carbocycles. The van der Waals surface area contributed by atoms with Gasteiger partial charge in [-0.1, -0.05) is 15.9 Å². The second-order valence-electron chi connectivity index (χ2n) is 4.37. The molecule has 1 aliphatic rings. The van der Waals surface area contributed by atoms with Crippen molar-refractivity contribution in [3.8, 4) is 0 Å². The fraction of sp³-hybridized carbons (Fsp3) is 1.00. The molecule has 0 aromatic rings. The first-order valence-corrected chi connectivity index (χ1v) is 6.88. The van der Waals surface area contributed by atoms with Crippen LogP contribution in [0.4, 0.5) is 0 Å². The molecule has 0 saturated carbocycles. The van der Waals surface area contributed by atoms with Gasteiger partial charge in [0.05, 0.1) is 0 Å². The molecule has 1 rings (SSSR count). The molecule has 1 aliphatic heterocycles. The van der Waals surface area contributed by atoms with E-state index in [9.17, 15) is 0 Å². The lowest BCUT2D eigenvalue weighted by molar-refractivity contribution is 0.199. The molecule has 1 saturated heterocycles. The summed E-state index contributed by atoms with van der Waals surface area (Å²) in [5, 5.41) is 1.09. The van der Waals surface area contributed by atoms with Gasteiger partial charge in [-0.05, 0) is 39.8 Å². The molecule has 0 unspecified atom stereocenters. The Morgan fingerprint density at radius 1 is 1.21 bits per heavy atom. The van der Waals surface area contributed by atoms with Crippen molar-refractivity contribution in [3.05, 3.63) is 0 Å². The van der Waals surface area contributed by atoms with Gasteiger partial charge in [-0.25, -0.2) is 0 Å². The third-order valence-electron chi connectivity index (χ3n) is 3.00. The zero-order chi connectivity index (χ0) is 10.4. The standard InChI is InChI=1S/C11H23BrN2/c1-11(2)14(8-5-12)10-9-13-6-3-4-7-13/h11H,3-10H2,1-2H3. The molecule has 0 aliphatic carbocycles. The Hall–Kier alpha value is 0.400. The van der Waals surface area contributed by atoms with E-state index >= 15 is 0 Å². The monoisotopic (exact) mass is 262 g/mol. The van der Waals surface area contributed by atoms with Crippen LogP contribution in [0.5, 0.6) is 0 Å². The highest BCUT2D eigenvalue weighted by molar-refractivity contribution is 9.09. The lowest BCUT2D eigenvalue weighted by Crippen LogP contribution is -2.39. The van der Waals surface area contributed by atoms with Crippen LogP contribution in [0.25, 0.3) is 0 Å². The van der Waals surface area contributed by atoms with Crippen molar-refractivity contribution in [3.63, 3.8) is 0 Å². The summed E-state index contributed by atoms with van der Waals surface area (Å²) in [5.74, 6) is 0. The minimum Gasteiger partial charge on any atom is -0.302 e. The predicted octanol–water partition coefficient (Wildman–Crippen LogP) is 2.19. The maximum atomic E-state index is 3.52. The minimum absolute atomic E-state index is 0.676. The first-order chi connectivity index (χ1) is 6.74. The average molecular weight is 263 g/mol. The SMILES string of the molecule is CC(C)N(CCBr)CCN1CCCC1. The van der Waals surface area contributed by atoms with Gasteiger partial charge in [-0.2, -0.15) is 0 Å². The first-order valence-electron chi connectivity index (χ1n) is 5.76. The van der Waals surface area contributed by atoms with Crippen LogP contribution in [0.3, 0.4) is 0 Å². The van der Waals surface area contributed by atoms with Gasteiger partial charge in [0.1, 0.15) is 0 Å². The van der Waals surface area contributed by atoms with Gasteiger partial charge in [-0.15, -0.1) is 0 Å². The van der Waals surface area contributed by atoms with E-state index in [2.05, 4.69) is 39.6 Å². The zero-order valence-corrected chi connectivity index (χ0v) is 11.1. The highest BCUT2D eigenvalue weighted by atomic mass is 79.9. The summed E-state index contributed by atoms with van der Waals surface area (Å²) in [7, 11) is 0. The second-order valence-corrected chi connectivity index (χ2v) is 5.16. The van der Waals surface area contributed by atoms with Crippen LogP contribution < -0.4 is 0 Å². The fourth-order valence-corrected chi connectivity index (χ4v) is 2.47. The molecule has 14 heavy (non-hydrogen) atoms. The molecule has 84 valence electrons. The molecule has 0 spiro atoms. The van der Waals surface area contributed by atoms with Crippen LogP contribution in [0, 0.1) is 0 Å². The maximum Gasteiger partial charge on any atom is 0.0159 e. The van der Waals surface area contributed by atoms with Gasteiger partial charge in [0, 0.05) is 31.0 Å². The Labute approximate surface area is 96.8 Å². The Bertz CT molecular complexity index is 144. The number of nitrogens with zero attached hydrogens (tertiary/aromatic N) is 2. The van der Waals surface area contributed by atoms with Crippen molar-refractivity contribution in [2.75, 3.05) is 38.1 Å². The van der Waals surface area contributed by atoms with Gasteiger partial charge < -0.3 is 4.90 Å². The molecule has 0 atom stereocenters. The third kappa shape index (κ3) is 4.28.